The van der Waals surface area contributed by atoms with Gasteiger partial charge >= 0.3 is 0 Å². The molecule has 9 heavy (non-hydrogen) atoms. The number of unbranched alkanes of at least 4 members (excludes halogenated alkanes) is 1. The van der Waals surface area contributed by atoms with Crippen LogP contribution in [0.2, 0.25) is 0 Å². The van der Waals surface area contributed by atoms with Crippen LogP contribution in [0.15, 0.2) is 0 Å². The van der Waals surface area contributed by atoms with Gasteiger partial charge in [0, 0.05) is 6.61 Å². The lowest BCUT2D eigenvalue weighted by molar-refractivity contribution is 0.0657. The van der Waals surface area contributed by atoms with Crippen LogP contribution < -0.4 is 0 Å². The first-order valence-corrected chi connectivity index (χ1v) is 3.72. The molecule has 0 aliphatic rings. The van der Waals surface area contributed by atoms with E-state index in [2.05, 4.69) is 20.8 Å². The summed E-state index contributed by atoms with van der Waals surface area (Å²) >= 11 is 0. The summed E-state index contributed by atoms with van der Waals surface area (Å²) in [5.41, 5.74) is 0. The second-order valence-corrected chi connectivity index (χ2v) is 2.32. The Morgan fingerprint density at radius 3 is 2.67 bits per heavy atom. The largest absolute Gasteiger partial charge is 0.379 e. The molecule has 0 saturated carbocycles. The first-order chi connectivity index (χ1) is 4.31. The van der Waals surface area contributed by atoms with Gasteiger partial charge in [-0.05, 0) is 19.8 Å². The first kappa shape index (κ1) is 8.96. The van der Waals surface area contributed by atoms with Crippen LogP contribution in [0.5, 0.6) is 0 Å². The number of hydrogen-bond acceptors (Lipinski definition) is 1. The molecule has 0 heterocycles. The van der Waals surface area contributed by atoms with Gasteiger partial charge in [-0.1, -0.05) is 20.3 Å². The molecular weight excluding hydrogens is 112 g/mol. The van der Waals surface area contributed by atoms with Gasteiger partial charge < -0.3 is 4.74 Å². The summed E-state index contributed by atoms with van der Waals surface area (Å²) in [4.78, 5) is 0. The van der Waals surface area contributed by atoms with E-state index in [0.717, 1.165) is 13.0 Å². The third kappa shape index (κ3) is 5.84. The molecule has 0 aliphatic carbocycles. The molecule has 0 saturated heterocycles. The molecule has 55 valence electrons. The van der Waals surface area contributed by atoms with E-state index in [4.69, 9.17) is 4.74 Å². The minimum absolute atomic E-state index is 0.344. The smallest absolute Gasteiger partial charge is 0.0547 e. The molecular formula is C8H17O. The highest BCUT2D eigenvalue weighted by Gasteiger charge is 1.95. The summed E-state index contributed by atoms with van der Waals surface area (Å²) in [5, 5.41) is 0. The standard InChI is InChI=1S/C8H17O/c1-4-6-7-9-8(3)5-2/h8H,2,4-7H2,1,3H3. The Labute approximate surface area is 58.4 Å². The summed E-state index contributed by atoms with van der Waals surface area (Å²) in [6.07, 6.45) is 3.61. The van der Waals surface area contributed by atoms with E-state index in [1.165, 1.54) is 12.8 Å². The molecule has 0 aromatic rings. The van der Waals surface area contributed by atoms with Gasteiger partial charge in [0.1, 0.15) is 0 Å². The lowest BCUT2D eigenvalue weighted by Gasteiger charge is -2.08. The molecule has 0 spiro atoms. The predicted octanol–water partition coefficient (Wildman–Crippen LogP) is 2.42. The van der Waals surface area contributed by atoms with Crippen LogP contribution in [-0.4, -0.2) is 12.7 Å². The second-order valence-electron chi connectivity index (χ2n) is 2.32. The van der Waals surface area contributed by atoms with Gasteiger partial charge in [0.05, 0.1) is 6.10 Å². The van der Waals surface area contributed by atoms with Crippen molar-refractivity contribution >= 4 is 0 Å². The Morgan fingerprint density at radius 2 is 2.22 bits per heavy atom. The third-order valence-electron chi connectivity index (χ3n) is 1.31. The van der Waals surface area contributed by atoms with Crippen molar-refractivity contribution in [3.63, 3.8) is 0 Å². The highest BCUT2D eigenvalue weighted by Crippen LogP contribution is 1.97. The van der Waals surface area contributed by atoms with Crippen molar-refractivity contribution < 1.29 is 4.74 Å². The number of hydrogen-bond donors (Lipinski definition) is 0. The molecule has 0 fully saturated rings. The SMILES string of the molecule is [CH2]CC(C)OCCCC. The van der Waals surface area contributed by atoms with Crippen LogP contribution in [0.25, 0.3) is 0 Å². The van der Waals surface area contributed by atoms with Gasteiger partial charge in [-0.3, -0.25) is 0 Å². The highest BCUT2D eigenvalue weighted by atomic mass is 16.5. The quantitative estimate of drug-likeness (QED) is 0.518. The van der Waals surface area contributed by atoms with Crippen molar-refractivity contribution in [3.8, 4) is 0 Å². The second kappa shape index (κ2) is 6.09. The Hall–Kier alpha value is -0.0400. The molecule has 0 aromatic heterocycles. The zero-order valence-electron chi connectivity index (χ0n) is 6.52. The lowest BCUT2D eigenvalue weighted by Crippen LogP contribution is -2.06. The van der Waals surface area contributed by atoms with Gasteiger partial charge in [-0.2, -0.15) is 0 Å². The van der Waals surface area contributed by atoms with Gasteiger partial charge in [0.25, 0.3) is 0 Å². The number of ether oxygens (including phenoxy) is 1. The summed E-state index contributed by atoms with van der Waals surface area (Å²) < 4.78 is 5.37. The van der Waals surface area contributed by atoms with Gasteiger partial charge in [0.15, 0.2) is 0 Å². The van der Waals surface area contributed by atoms with Crippen molar-refractivity contribution in [3.05, 3.63) is 6.92 Å². The Morgan fingerprint density at radius 1 is 1.56 bits per heavy atom. The molecule has 0 N–H and O–H groups in total. The zero-order chi connectivity index (χ0) is 7.11. The van der Waals surface area contributed by atoms with Crippen molar-refractivity contribution in [2.24, 2.45) is 0 Å². The minimum atomic E-state index is 0.344. The van der Waals surface area contributed by atoms with E-state index in [9.17, 15) is 0 Å². The summed E-state index contributed by atoms with van der Waals surface area (Å²) in [7, 11) is 0. The molecule has 1 nitrogen and oxygen atoms in total. The fraction of sp³-hybridized carbons (Fsp3) is 0.875. The molecule has 0 amide bonds. The molecule has 0 aromatic carbocycles. The minimum Gasteiger partial charge on any atom is -0.379 e. The van der Waals surface area contributed by atoms with E-state index >= 15 is 0 Å². The summed E-state index contributed by atoms with van der Waals surface area (Å²) in [6, 6.07) is 0. The molecule has 1 heteroatoms. The van der Waals surface area contributed by atoms with E-state index in [1.807, 2.05) is 0 Å². The van der Waals surface area contributed by atoms with Gasteiger partial charge in [-0.25, -0.2) is 0 Å². The highest BCUT2D eigenvalue weighted by molar-refractivity contribution is 4.50. The average molecular weight is 129 g/mol. The monoisotopic (exact) mass is 129 g/mol. The van der Waals surface area contributed by atoms with Crippen LogP contribution in [0.1, 0.15) is 33.1 Å². The fourth-order valence-corrected chi connectivity index (χ4v) is 0.512. The van der Waals surface area contributed by atoms with Crippen LogP contribution in [0.3, 0.4) is 0 Å². The van der Waals surface area contributed by atoms with E-state index < -0.39 is 0 Å². The van der Waals surface area contributed by atoms with Crippen molar-refractivity contribution in [2.45, 2.75) is 39.2 Å². The van der Waals surface area contributed by atoms with Crippen molar-refractivity contribution in [1.82, 2.24) is 0 Å². The lowest BCUT2D eigenvalue weighted by atomic mass is 10.3. The maximum absolute atomic E-state index is 5.37. The predicted molar refractivity (Wildman–Crippen MR) is 40.3 cm³/mol. The average Bonchev–Trinajstić information content (AvgIpc) is 1.89. The molecule has 0 rings (SSSR count). The summed E-state index contributed by atoms with van der Waals surface area (Å²) in [5.74, 6) is 0. The van der Waals surface area contributed by atoms with E-state index in [-0.39, 0.29) is 0 Å². The maximum Gasteiger partial charge on any atom is 0.0547 e. The normalized spacial score (nSPS) is 13.7. The Balaban J connectivity index is 2.88. The summed E-state index contributed by atoms with van der Waals surface area (Å²) in [6.45, 7) is 8.86. The Kier molecular flexibility index (Phi) is 6.06. The van der Waals surface area contributed by atoms with Crippen molar-refractivity contribution in [1.29, 1.82) is 0 Å². The molecule has 1 unspecified atom stereocenters. The topological polar surface area (TPSA) is 9.23 Å². The molecule has 0 bridgehead atoms. The van der Waals surface area contributed by atoms with Crippen molar-refractivity contribution in [2.75, 3.05) is 6.61 Å². The Bertz CT molecular complexity index is 52.5. The van der Waals surface area contributed by atoms with Gasteiger partial charge in [-0.15, -0.1) is 0 Å². The van der Waals surface area contributed by atoms with Crippen LogP contribution in [-0.2, 0) is 4.74 Å². The van der Waals surface area contributed by atoms with Gasteiger partial charge in [0.2, 0.25) is 0 Å². The van der Waals surface area contributed by atoms with E-state index in [0.29, 0.717) is 6.10 Å². The number of rotatable bonds is 5. The van der Waals surface area contributed by atoms with Crippen LogP contribution in [0.4, 0.5) is 0 Å². The van der Waals surface area contributed by atoms with Crippen LogP contribution in [0, 0.1) is 6.92 Å². The molecule has 0 aliphatic heterocycles. The van der Waals surface area contributed by atoms with Crippen LogP contribution >= 0.6 is 0 Å². The molecule has 1 atom stereocenters. The third-order valence-corrected chi connectivity index (χ3v) is 1.31. The first-order valence-electron chi connectivity index (χ1n) is 3.72. The zero-order valence-corrected chi connectivity index (χ0v) is 6.52. The maximum atomic E-state index is 5.37. The van der Waals surface area contributed by atoms with E-state index in [1.54, 1.807) is 0 Å². The molecule has 1 radical (unpaired) electrons. The fourth-order valence-electron chi connectivity index (χ4n) is 0.512.